The minimum Gasteiger partial charge on any atom is -0.379 e. The quantitative estimate of drug-likeness (QED) is 0.357. The van der Waals surface area contributed by atoms with Crippen molar-refractivity contribution in [1.82, 2.24) is 0 Å². The van der Waals surface area contributed by atoms with Gasteiger partial charge in [0.05, 0.1) is 0 Å². The smallest absolute Gasteiger partial charge is 0.313 e. The second kappa shape index (κ2) is 10.5. The van der Waals surface area contributed by atoms with Crippen LogP contribution in [0.15, 0.2) is 0 Å². The molecule has 0 aliphatic heterocycles. The molecule has 0 aromatic rings. The highest BCUT2D eigenvalue weighted by molar-refractivity contribution is 7.41. The van der Waals surface area contributed by atoms with Gasteiger partial charge in [0.2, 0.25) is 0 Å². The Morgan fingerprint density at radius 1 is 1.23 bits per heavy atom. The molecular weight excluding hydrogens is 186 g/mol. The maximum atomic E-state index is 8.89. The van der Waals surface area contributed by atoms with Crippen molar-refractivity contribution in [2.75, 3.05) is 7.11 Å². The lowest BCUT2D eigenvalue weighted by molar-refractivity contribution is 0.321. The number of rotatable bonds is 9. The van der Waals surface area contributed by atoms with E-state index < -0.39 is 8.60 Å². The minimum atomic E-state index is -1.66. The van der Waals surface area contributed by atoms with E-state index in [4.69, 9.17) is 9.33 Å². The third-order valence-corrected chi connectivity index (χ3v) is 2.39. The Bertz CT molecular complexity index is 105. The van der Waals surface area contributed by atoms with Crippen molar-refractivity contribution in [3.63, 3.8) is 0 Å². The van der Waals surface area contributed by atoms with Gasteiger partial charge >= 0.3 is 16.1 Å². The Hall–Kier alpha value is 0.375. The largest absolute Gasteiger partial charge is 0.379 e. The summed E-state index contributed by atoms with van der Waals surface area (Å²) >= 11 is 0. The lowest BCUT2D eigenvalue weighted by Gasteiger charge is -2.05. The Morgan fingerprint density at radius 2 is 1.92 bits per heavy atom. The van der Waals surface area contributed by atoms with Gasteiger partial charge in [-0.15, -0.1) is 0 Å². The van der Waals surface area contributed by atoms with Gasteiger partial charge in [0, 0.05) is 7.11 Å². The van der Waals surface area contributed by atoms with Crippen LogP contribution in [0.4, 0.5) is 0 Å². The molecule has 0 aliphatic carbocycles. The van der Waals surface area contributed by atoms with E-state index in [9.17, 15) is 0 Å². The molecule has 1 radical (unpaired) electrons. The van der Waals surface area contributed by atoms with E-state index in [-0.39, 0.29) is 0 Å². The fraction of sp³-hybridized carbons (Fsp3) is 1.00. The maximum absolute atomic E-state index is 8.89. The van der Waals surface area contributed by atoms with Gasteiger partial charge in [0.15, 0.2) is 0 Å². The highest BCUT2D eigenvalue weighted by Crippen LogP contribution is 2.30. The summed E-state index contributed by atoms with van der Waals surface area (Å²) in [7, 11) is 1.41. The number of hydrogen-bond acceptors (Lipinski definition) is 3. The first-order valence-corrected chi connectivity index (χ1v) is 5.95. The molecule has 0 aromatic heterocycles. The zero-order chi connectivity index (χ0) is 9.94. The molecule has 0 amide bonds. The molecule has 0 heterocycles. The van der Waals surface area contributed by atoms with Crippen molar-refractivity contribution in [3.8, 4) is 0 Å². The first-order valence-electron chi connectivity index (χ1n) is 4.82. The highest BCUT2D eigenvalue weighted by Gasteiger charge is 2.03. The predicted molar refractivity (Wildman–Crippen MR) is 56.6 cm³/mol. The summed E-state index contributed by atoms with van der Waals surface area (Å²) in [6.45, 7) is 2.20. The van der Waals surface area contributed by atoms with E-state index in [1.165, 1.54) is 32.8 Å². The average Bonchev–Trinajstić information content (AvgIpc) is 2.16. The SMILES string of the molecule is CCCCCCC[B]OP(O)OC. The second-order valence-electron chi connectivity index (χ2n) is 2.90. The molecule has 77 valence electrons. The molecule has 0 aliphatic rings. The fourth-order valence-electron chi connectivity index (χ4n) is 0.991. The molecule has 0 bridgehead atoms. The van der Waals surface area contributed by atoms with Gasteiger partial charge in [-0.1, -0.05) is 45.3 Å². The summed E-state index contributed by atoms with van der Waals surface area (Å²) in [4.78, 5) is 8.89. The van der Waals surface area contributed by atoms with Gasteiger partial charge in [-0.2, -0.15) is 0 Å². The number of unbranched alkanes of at least 4 members (excludes halogenated alkanes) is 4. The summed E-state index contributed by atoms with van der Waals surface area (Å²) in [6.07, 6.45) is 7.14. The summed E-state index contributed by atoms with van der Waals surface area (Å²) in [5.74, 6) is 0. The number of hydrogen-bond donors (Lipinski definition) is 1. The van der Waals surface area contributed by atoms with Crippen LogP contribution >= 0.6 is 8.60 Å². The van der Waals surface area contributed by atoms with Crippen LogP contribution in [0.5, 0.6) is 0 Å². The van der Waals surface area contributed by atoms with Gasteiger partial charge in [-0.05, 0) is 0 Å². The fourth-order valence-corrected chi connectivity index (χ4v) is 1.31. The lowest BCUT2D eigenvalue weighted by Crippen LogP contribution is -1.94. The van der Waals surface area contributed by atoms with E-state index >= 15 is 0 Å². The Balaban J connectivity index is 2.91. The lowest BCUT2D eigenvalue weighted by atomic mass is 9.92. The van der Waals surface area contributed by atoms with Crippen LogP contribution in [0.3, 0.4) is 0 Å². The van der Waals surface area contributed by atoms with Crippen LogP contribution in [-0.4, -0.2) is 19.5 Å². The summed E-state index contributed by atoms with van der Waals surface area (Å²) < 4.78 is 9.43. The van der Waals surface area contributed by atoms with Crippen LogP contribution in [0, 0.1) is 0 Å². The van der Waals surface area contributed by atoms with E-state index in [1.807, 2.05) is 0 Å². The normalized spacial score (nSPS) is 12.8. The van der Waals surface area contributed by atoms with Crippen LogP contribution in [0.25, 0.3) is 0 Å². The highest BCUT2D eigenvalue weighted by atomic mass is 31.2. The molecule has 0 spiro atoms. The Labute approximate surface area is 83.1 Å². The molecule has 13 heavy (non-hydrogen) atoms. The second-order valence-corrected chi connectivity index (χ2v) is 3.95. The molecule has 1 atom stereocenters. The Kier molecular flexibility index (Phi) is 10.8. The van der Waals surface area contributed by atoms with E-state index in [0.717, 1.165) is 12.7 Å². The van der Waals surface area contributed by atoms with E-state index in [2.05, 4.69) is 11.4 Å². The summed E-state index contributed by atoms with van der Waals surface area (Å²) in [5, 5.41) is 0. The van der Waals surface area contributed by atoms with Crippen molar-refractivity contribution in [2.24, 2.45) is 0 Å². The molecule has 0 aromatic carbocycles. The van der Waals surface area contributed by atoms with E-state index in [1.54, 1.807) is 7.48 Å². The topological polar surface area (TPSA) is 38.7 Å². The zero-order valence-corrected chi connectivity index (χ0v) is 9.43. The molecule has 5 heteroatoms. The first-order chi connectivity index (χ1) is 6.31. The third-order valence-electron chi connectivity index (χ3n) is 1.75. The third kappa shape index (κ3) is 10.3. The van der Waals surface area contributed by atoms with Crippen molar-refractivity contribution < 1.29 is 13.9 Å². The van der Waals surface area contributed by atoms with Crippen LogP contribution < -0.4 is 0 Å². The van der Waals surface area contributed by atoms with Gasteiger partial charge in [0.1, 0.15) is 0 Å². The van der Waals surface area contributed by atoms with Gasteiger partial charge in [-0.3, -0.25) is 0 Å². The van der Waals surface area contributed by atoms with Crippen molar-refractivity contribution in [1.29, 1.82) is 0 Å². The van der Waals surface area contributed by atoms with Crippen molar-refractivity contribution in [3.05, 3.63) is 0 Å². The zero-order valence-electron chi connectivity index (χ0n) is 8.53. The standard InChI is InChI=1S/C8H19BO3P/c1-3-4-5-6-7-8-9-12-13(10)11-2/h10H,3-8H2,1-2H3. The molecule has 0 fully saturated rings. The van der Waals surface area contributed by atoms with Crippen LogP contribution in [0.2, 0.25) is 6.32 Å². The maximum Gasteiger partial charge on any atom is 0.313 e. The van der Waals surface area contributed by atoms with Gasteiger partial charge < -0.3 is 13.9 Å². The van der Waals surface area contributed by atoms with E-state index in [0.29, 0.717) is 0 Å². The summed E-state index contributed by atoms with van der Waals surface area (Å²) in [6, 6.07) is 0. The molecule has 3 nitrogen and oxygen atoms in total. The minimum absolute atomic E-state index is 0.895. The molecular formula is C8H19BO3P. The summed E-state index contributed by atoms with van der Waals surface area (Å²) in [5.41, 5.74) is 0. The van der Waals surface area contributed by atoms with Gasteiger partial charge in [0.25, 0.3) is 0 Å². The Morgan fingerprint density at radius 3 is 2.54 bits per heavy atom. The monoisotopic (exact) mass is 205 g/mol. The van der Waals surface area contributed by atoms with Gasteiger partial charge in [-0.25, -0.2) is 0 Å². The molecule has 0 saturated heterocycles. The molecule has 1 N–H and O–H groups in total. The van der Waals surface area contributed by atoms with Crippen LogP contribution in [0.1, 0.15) is 39.0 Å². The van der Waals surface area contributed by atoms with Crippen molar-refractivity contribution >= 4 is 16.1 Å². The first kappa shape index (κ1) is 13.4. The molecule has 0 rings (SSSR count). The predicted octanol–water partition coefficient (Wildman–Crippen LogP) is 2.88. The molecule has 1 unspecified atom stereocenters. The molecule has 0 saturated carbocycles. The van der Waals surface area contributed by atoms with Crippen LogP contribution in [-0.2, 0) is 8.96 Å². The average molecular weight is 205 g/mol. The van der Waals surface area contributed by atoms with Crippen molar-refractivity contribution in [2.45, 2.75) is 45.3 Å².